The average Bonchev–Trinajstić information content (AvgIpc) is 3.42. The molecule has 3 aromatic rings. The van der Waals surface area contributed by atoms with Crippen LogP contribution in [-0.2, 0) is 0 Å². The summed E-state index contributed by atoms with van der Waals surface area (Å²) in [4.78, 5) is 25.7. The summed E-state index contributed by atoms with van der Waals surface area (Å²) in [6.45, 7) is 0. The molecule has 2 atom stereocenters. The maximum Gasteiger partial charge on any atom is 0.171 e. The zero-order valence-corrected chi connectivity index (χ0v) is 14.6. The molecule has 5 rings (SSSR count). The van der Waals surface area contributed by atoms with Gasteiger partial charge >= 0.3 is 0 Å². The number of hydrogen-bond donors (Lipinski definition) is 0. The quantitative estimate of drug-likeness (QED) is 0.661. The second-order valence-electron chi connectivity index (χ2n) is 6.60. The lowest BCUT2D eigenvalue weighted by molar-refractivity contribution is 0.0801. The van der Waals surface area contributed by atoms with E-state index >= 15 is 0 Å². The Morgan fingerprint density at radius 3 is 2.39 bits per heavy atom. The lowest BCUT2D eigenvalue weighted by Gasteiger charge is -2.28. The Labute approximate surface area is 159 Å². The van der Waals surface area contributed by atoms with Gasteiger partial charge in [-0.1, -0.05) is 30.4 Å². The monoisotopic (exact) mass is 370 g/mol. The Kier molecular flexibility index (Phi) is 3.72. The van der Waals surface area contributed by atoms with E-state index in [4.69, 9.17) is 4.42 Å². The van der Waals surface area contributed by atoms with Gasteiger partial charge in [0.25, 0.3) is 0 Å². The van der Waals surface area contributed by atoms with Crippen LogP contribution < -0.4 is 0 Å². The number of hydrogen-bond acceptors (Lipinski definition) is 6. The average molecular weight is 370 g/mol. The molecule has 136 valence electrons. The van der Waals surface area contributed by atoms with Crippen LogP contribution in [0, 0.1) is 11.8 Å². The van der Waals surface area contributed by atoms with Crippen LogP contribution in [0.15, 0.2) is 76.8 Å². The van der Waals surface area contributed by atoms with Gasteiger partial charge in [-0.25, -0.2) is 4.68 Å². The van der Waals surface area contributed by atoms with Crippen LogP contribution in [0.5, 0.6) is 0 Å². The SMILES string of the molecule is O=C1c2ccc(-c3ccc(/C=N/n4cnnc4)o3)cc2C(=O)[C@@H]2C=CC=C[C@H]12. The molecule has 0 bridgehead atoms. The highest BCUT2D eigenvalue weighted by molar-refractivity contribution is 6.17. The number of carbonyl (C=O) groups excluding carboxylic acids is 2. The first-order valence-corrected chi connectivity index (χ1v) is 8.77. The fourth-order valence-corrected chi connectivity index (χ4v) is 3.54. The molecule has 0 saturated carbocycles. The second-order valence-corrected chi connectivity index (χ2v) is 6.60. The van der Waals surface area contributed by atoms with Crippen molar-refractivity contribution in [2.24, 2.45) is 16.9 Å². The molecule has 2 aromatic heterocycles. The number of fused-ring (bicyclic) bond motifs is 2. The highest BCUT2D eigenvalue weighted by Gasteiger charge is 2.39. The molecule has 2 aliphatic carbocycles. The normalized spacial score (nSPS) is 20.6. The number of aromatic nitrogens is 3. The minimum absolute atomic E-state index is 0.0204. The molecule has 0 aliphatic heterocycles. The molecule has 0 saturated heterocycles. The first-order valence-electron chi connectivity index (χ1n) is 8.77. The van der Waals surface area contributed by atoms with E-state index in [9.17, 15) is 9.59 Å². The predicted octanol–water partition coefficient (Wildman–Crippen LogP) is 3.16. The summed E-state index contributed by atoms with van der Waals surface area (Å²) in [6, 6.07) is 8.82. The number of nitrogens with zero attached hydrogens (tertiary/aromatic N) is 4. The van der Waals surface area contributed by atoms with E-state index in [0.717, 1.165) is 5.56 Å². The third kappa shape index (κ3) is 2.64. The Morgan fingerprint density at radius 2 is 1.64 bits per heavy atom. The zero-order valence-electron chi connectivity index (χ0n) is 14.6. The van der Waals surface area contributed by atoms with Crippen molar-refractivity contribution in [1.29, 1.82) is 0 Å². The summed E-state index contributed by atoms with van der Waals surface area (Å²) < 4.78 is 7.26. The van der Waals surface area contributed by atoms with Gasteiger partial charge in [-0.05, 0) is 24.3 Å². The third-order valence-corrected chi connectivity index (χ3v) is 4.93. The zero-order chi connectivity index (χ0) is 19.1. The molecule has 0 unspecified atom stereocenters. The summed E-state index contributed by atoms with van der Waals surface area (Å²) >= 11 is 0. The van der Waals surface area contributed by atoms with Gasteiger partial charge in [-0.3, -0.25) is 9.59 Å². The molecule has 1 aromatic carbocycles. The molecule has 2 aliphatic rings. The van der Waals surface area contributed by atoms with Crippen molar-refractivity contribution < 1.29 is 14.0 Å². The van der Waals surface area contributed by atoms with Gasteiger partial charge in [-0.15, -0.1) is 10.2 Å². The largest absolute Gasteiger partial charge is 0.455 e. The number of Topliss-reactive ketones (excluding diaryl/α,β-unsaturated/α-hetero) is 2. The van der Waals surface area contributed by atoms with Gasteiger partial charge < -0.3 is 4.42 Å². The minimum Gasteiger partial charge on any atom is -0.455 e. The van der Waals surface area contributed by atoms with Gasteiger partial charge in [0.2, 0.25) is 0 Å². The molecule has 0 radical (unpaired) electrons. The molecule has 2 heterocycles. The van der Waals surface area contributed by atoms with Crippen molar-refractivity contribution in [1.82, 2.24) is 14.9 Å². The van der Waals surface area contributed by atoms with Crippen molar-refractivity contribution in [2.45, 2.75) is 0 Å². The first-order chi connectivity index (χ1) is 13.7. The number of carbonyl (C=O) groups is 2. The van der Waals surface area contributed by atoms with E-state index in [1.54, 1.807) is 48.7 Å². The highest BCUT2D eigenvalue weighted by atomic mass is 16.3. The van der Waals surface area contributed by atoms with Crippen LogP contribution in [0.4, 0.5) is 0 Å². The van der Waals surface area contributed by atoms with Crippen molar-refractivity contribution in [3.8, 4) is 11.3 Å². The standard InChI is InChI=1S/C21H14N4O3/c26-20-15-3-1-2-4-16(15)21(27)18-9-13(5-7-17(18)20)19-8-6-14(28-19)10-24-25-11-22-23-12-25/h1-12,15-16H/b24-10+/t15-,16+/m0/s1. The van der Waals surface area contributed by atoms with Crippen LogP contribution >= 0.6 is 0 Å². The van der Waals surface area contributed by atoms with Gasteiger partial charge in [0.05, 0.1) is 18.1 Å². The summed E-state index contributed by atoms with van der Waals surface area (Å²) in [5.41, 5.74) is 1.65. The molecule has 28 heavy (non-hydrogen) atoms. The second kappa shape index (κ2) is 6.38. The van der Waals surface area contributed by atoms with E-state index in [2.05, 4.69) is 15.3 Å². The highest BCUT2D eigenvalue weighted by Crippen LogP contribution is 2.36. The Morgan fingerprint density at radius 1 is 0.929 bits per heavy atom. The molecular formula is C21H14N4O3. The van der Waals surface area contributed by atoms with Gasteiger partial charge in [0, 0.05) is 16.7 Å². The van der Waals surface area contributed by atoms with Crippen LogP contribution in [-0.4, -0.2) is 32.7 Å². The topological polar surface area (TPSA) is 90.3 Å². The van der Waals surface area contributed by atoms with Crippen LogP contribution in [0.25, 0.3) is 11.3 Å². The number of allylic oxidation sites excluding steroid dienone is 4. The van der Waals surface area contributed by atoms with E-state index in [0.29, 0.717) is 22.6 Å². The van der Waals surface area contributed by atoms with E-state index in [-0.39, 0.29) is 11.6 Å². The number of furan rings is 1. The van der Waals surface area contributed by atoms with Crippen molar-refractivity contribution in [3.63, 3.8) is 0 Å². The fourth-order valence-electron chi connectivity index (χ4n) is 3.54. The first kappa shape index (κ1) is 16.3. The molecule has 7 heteroatoms. The maximum absolute atomic E-state index is 12.9. The van der Waals surface area contributed by atoms with E-state index in [1.165, 1.54) is 17.3 Å². The fraction of sp³-hybridized carbons (Fsp3) is 0.0952. The maximum atomic E-state index is 12.9. The molecule has 7 nitrogen and oxygen atoms in total. The molecule has 0 N–H and O–H groups in total. The lowest BCUT2D eigenvalue weighted by Crippen LogP contribution is -2.35. The van der Waals surface area contributed by atoms with Crippen LogP contribution in [0.2, 0.25) is 0 Å². The van der Waals surface area contributed by atoms with E-state index in [1.807, 2.05) is 12.2 Å². The molecule has 0 spiro atoms. The van der Waals surface area contributed by atoms with Gasteiger partial charge in [-0.2, -0.15) is 5.10 Å². The number of ketones is 2. The predicted molar refractivity (Wildman–Crippen MR) is 101 cm³/mol. The molecule has 0 fully saturated rings. The lowest BCUT2D eigenvalue weighted by atomic mass is 9.72. The molecule has 0 amide bonds. The van der Waals surface area contributed by atoms with Crippen LogP contribution in [0.3, 0.4) is 0 Å². The Hall–Kier alpha value is -3.87. The summed E-state index contributed by atoms with van der Waals surface area (Å²) in [5, 5.41) is 11.5. The summed E-state index contributed by atoms with van der Waals surface area (Å²) in [6.07, 6.45) is 11.7. The van der Waals surface area contributed by atoms with Crippen LogP contribution in [0.1, 0.15) is 26.5 Å². The van der Waals surface area contributed by atoms with Crippen molar-refractivity contribution >= 4 is 17.8 Å². The van der Waals surface area contributed by atoms with Crippen molar-refractivity contribution in [2.75, 3.05) is 0 Å². The van der Waals surface area contributed by atoms with Gasteiger partial charge in [0.1, 0.15) is 24.2 Å². The molecular weight excluding hydrogens is 356 g/mol. The third-order valence-electron chi connectivity index (χ3n) is 4.93. The summed E-state index contributed by atoms with van der Waals surface area (Å²) in [7, 11) is 0. The number of rotatable bonds is 3. The Bertz CT molecular complexity index is 1170. The minimum atomic E-state index is -0.427. The number of benzene rings is 1. The van der Waals surface area contributed by atoms with E-state index < -0.39 is 11.8 Å². The summed E-state index contributed by atoms with van der Waals surface area (Å²) in [5.74, 6) is 0.248. The van der Waals surface area contributed by atoms with Gasteiger partial charge in [0.15, 0.2) is 11.6 Å². The smallest absolute Gasteiger partial charge is 0.171 e. The Balaban J connectivity index is 1.48. The van der Waals surface area contributed by atoms with Crippen molar-refractivity contribution in [3.05, 3.63) is 84.2 Å².